The first-order valence-electron chi connectivity index (χ1n) is 13.3. The van der Waals surface area contributed by atoms with E-state index in [1.165, 1.54) is 29.3 Å². The molecule has 1 saturated heterocycles. The maximum atomic E-state index is 13.9. The van der Waals surface area contributed by atoms with Crippen LogP contribution < -0.4 is 5.32 Å². The number of carbonyl (C=O) groups is 2. The summed E-state index contributed by atoms with van der Waals surface area (Å²) < 4.78 is 74.2. The molecule has 1 aromatic heterocycles. The molecule has 4 rings (SSSR count). The summed E-state index contributed by atoms with van der Waals surface area (Å²) in [6.45, 7) is 5.33. The van der Waals surface area contributed by atoms with Gasteiger partial charge in [-0.15, -0.1) is 0 Å². The Morgan fingerprint density at radius 3 is 2.59 bits per heavy atom. The summed E-state index contributed by atoms with van der Waals surface area (Å²) in [6, 6.07) is 3.93. The van der Waals surface area contributed by atoms with Crippen LogP contribution in [0.15, 0.2) is 51.9 Å². The van der Waals surface area contributed by atoms with Crippen LogP contribution in [0.4, 0.5) is 22.0 Å². The van der Waals surface area contributed by atoms with Crippen LogP contribution in [0.2, 0.25) is 0 Å². The van der Waals surface area contributed by atoms with Crippen molar-refractivity contribution < 1.29 is 36.0 Å². The average Bonchev–Trinajstić information content (AvgIpc) is 3.60. The lowest BCUT2D eigenvalue weighted by atomic mass is 10.0. The van der Waals surface area contributed by atoms with Gasteiger partial charge in [-0.1, -0.05) is 13.5 Å². The van der Waals surface area contributed by atoms with Gasteiger partial charge in [0.25, 0.3) is 5.92 Å². The maximum Gasteiger partial charge on any atom is 0.420 e. The minimum atomic E-state index is -4.72. The van der Waals surface area contributed by atoms with Crippen LogP contribution >= 0.6 is 0 Å². The number of alkyl halides is 5. The van der Waals surface area contributed by atoms with Crippen molar-refractivity contribution in [2.45, 2.75) is 63.6 Å². The van der Waals surface area contributed by atoms with Crippen molar-refractivity contribution in [3.63, 3.8) is 0 Å². The molecule has 2 atom stereocenters. The molecule has 2 unspecified atom stereocenters. The highest BCUT2D eigenvalue weighted by Crippen LogP contribution is 2.51. The molecule has 220 valence electrons. The number of furan rings is 1. The average molecular weight is 579 g/mol. The Morgan fingerprint density at radius 2 is 1.93 bits per heavy atom. The Bertz CT molecular complexity index is 1400. The Kier molecular flexibility index (Phi) is 8.79. The Labute approximate surface area is 233 Å². The van der Waals surface area contributed by atoms with Crippen LogP contribution in [-0.4, -0.2) is 47.8 Å². The van der Waals surface area contributed by atoms with Crippen molar-refractivity contribution in [1.29, 1.82) is 5.41 Å². The minimum absolute atomic E-state index is 0.0702. The van der Waals surface area contributed by atoms with Crippen molar-refractivity contribution in [1.82, 2.24) is 10.2 Å². The molecule has 2 aromatic rings. The van der Waals surface area contributed by atoms with E-state index in [9.17, 15) is 31.5 Å². The van der Waals surface area contributed by atoms with Crippen LogP contribution in [-0.2, 0) is 22.3 Å². The number of hydrogen-bond donors (Lipinski definition) is 2. The number of carbonyl (C=O) groups excluding carboxylic acids is 2. The minimum Gasteiger partial charge on any atom is -0.459 e. The first kappa shape index (κ1) is 30.1. The number of nitrogens with zero attached hydrogens (tertiary/aromatic N) is 2. The molecule has 2 heterocycles. The third-order valence-electron chi connectivity index (χ3n) is 7.10. The quantitative estimate of drug-likeness (QED) is 0.119. The molecule has 7 nitrogen and oxygen atoms in total. The molecular weight excluding hydrogens is 547 g/mol. The normalized spacial score (nSPS) is 20.6. The zero-order valence-electron chi connectivity index (χ0n) is 22.5. The van der Waals surface area contributed by atoms with Gasteiger partial charge >= 0.3 is 6.18 Å². The number of nitrogens with one attached hydrogen (secondary N) is 2. The standard InChI is InChI=1S/C29H31F5N4O3/c1-3-4-24(35)36-15-17(2)5-6-25(39)37-16-20-12-19-11-18(13-23(26(19)41-20)29(32,33)34)21-14-22(21)27(40)38-9-7-28(30,31)8-10-38/h5-6,11-13,15,21-22,35H,2-4,7-10,14,16H2,1H3,(H,37,39)/b6-5+,35-24?,36-15?. The fourth-order valence-corrected chi connectivity index (χ4v) is 4.79. The van der Waals surface area contributed by atoms with Gasteiger partial charge in [-0.3, -0.25) is 15.0 Å². The number of allylic oxidation sites excluding steroid dienone is 2. The predicted octanol–water partition coefficient (Wildman–Crippen LogP) is 6.39. The van der Waals surface area contributed by atoms with Gasteiger partial charge in [-0.25, -0.2) is 13.8 Å². The number of fused-ring (bicyclic) bond motifs is 1. The van der Waals surface area contributed by atoms with Crippen LogP contribution in [0.3, 0.4) is 0 Å². The molecule has 2 N–H and O–H groups in total. The fraction of sp³-hybridized carbons (Fsp3) is 0.448. The summed E-state index contributed by atoms with van der Waals surface area (Å²) in [5.74, 6) is -4.34. The lowest BCUT2D eigenvalue weighted by Gasteiger charge is -2.32. The second-order valence-corrected chi connectivity index (χ2v) is 10.4. The number of aliphatic imine (C=N–C) groups is 1. The molecule has 0 bridgehead atoms. The van der Waals surface area contributed by atoms with E-state index in [0.717, 1.165) is 12.5 Å². The Balaban J connectivity index is 1.42. The van der Waals surface area contributed by atoms with Crippen molar-refractivity contribution >= 4 is 34.8 Å². The molecule has 1 saturated carbocycles. The highest BCUT2D eigenvalue weighted by molar-refractivity contribution is 5.96. The van der Waals surface area contributed by atoms with E-state index in [4.69, 9.17) is 9.83 Å². The SMILES string of the molecule is C=C(C=NC(=N)CCC)/C=C/C(=O)NCc1cc2cc(C3CC3C(=O)N3CCC(F)(F)CC3)cc(C(F)(F)F)c2o1. The van der Waals surface area contributed by atoms with Gasteiger partial charge < -0.3 is 14.6 Å². The van der Waals surface area contributed by atoms with E-state index in [2.05, 4.69) is 16.9 Å². The lowest BCUT2D eigenvalue weighted by molar-refractivity contribution is -0.138. The first-order chi connectivity index (χ1) is 19.3. The van der Waals surface area contributed by atoms with Gasteiger partial charge in [0.05, 0.1) is 12.1 Å². The van der Waals surface area contributed by atoms with Crippen molar-refractivity contribution in [2.75, 3.05) is 13.1 Å². The van der Waals surface area contributed by atoms with Gasteiger partial charge in [-0.05, 0) is 54.2 Å². The molecule has 12 heteroatoms. The molecule has 1 aliphatic carbocycles. The number of halogens is 5. The molecule has 2 aliphatic rings. The summed E-state index contributed by atoms with van der Waals surface area (Å²) >= 11 is 0. The molecule has 1 aromatic carbocycles. The molecule has 0 radical (unpaired) electrons. The third-order valence-corrected chi connectivity index (χ3v) is 7.10. The van der Waals surface area contributed by atoms with E-state index in [1.807, 2.05) is 6.92 Å². The number of hydrogen-bond acceptors (Lipinski definition) is 4. The van der Waals surface area contributed by atoms with E-state index in [-0.39, 0.29) is 48.1 Å². The van der Waals surface area contributed by atoms with Gasteiger partial charge in [0.15, 0.2) is 0 Å². The number of amides is 2. The van der Waals surface area contributed by atoms with Crippen molar-refractivity contribution in [3.8, 4) is 0 Å². The van der Waals surface area contributed by atoms with E-state index in [1.54, 1.807) is 6.07 Å². The molecule has 2 amide bonds. The lowest BCUT2D eigenvalue weighted by Crippen LogP contribution is -2.43. The number of piperidine rings is 1. The summed E-state index contributed by atoms with van der Waals surface area (Å²) in [6.07, 6.45) is 0.0245. The Morgan fingerprint density at radius 1 is 1.22 bits per heavy atom. The largest absolute Gasteiger partial charge is 0.459 e. The highest BCUT2D eigenvalue weighted by Gasteiger charge is 2.48. The van der Waals surface area contributed by atoms with E-state index >= 15 is 0 Å². The second-order valence-electron chi connectivity index (χ2n) is 10.4. The van der Waals surface area contributed by atoms with Crippen molar-refractivity contribution in [3.05, 3.63) is 59.4 Å². The second kappa shape index (κ2) is 12.0. The third kappa shape index (κ3) is 7.68. The summed E-state index contributed by atoms with van der Waals surface area (Å²) in [4.78, 5) is 30.3. The Hall–Kier alpha value is -3.83. The highest BCUT2D eigenvalue weighted by atomic mass is 19.4. The number of amidine groups is 1. The van der Waals surface area contributed by atoms with Gasteiger partial charge in [0.1, 0.15) is 17.2 Å². The van der Waals surface area contributed by atoms with Gasteiger partial charge in [-0.2, -0.15) is 13.2 Å². The molecule has 1 aliphatic heterocycles. The van der Waals surface area contributed by atoms with Crippen LogP contribution in [0, 0.1) is 11.3 Å². The predicted molar refractivity (Wildman–Crippen MR) is 144 cm³/mol. The van der Waals surface area contributed by atoms with Crippen LogP contribution in [0.5, 0.6) is 0 Å². The molecular formula is C29H31F5N4O3. The smallest absolute Gasteiger partial charge is 0.420 e. The number of likely N-dealkylation sites (tertiary alicyclic amines) is 1. The van der Waals surface area contributed by atoms with E-state index < -0.39 is 48.2 Å². The summed E-state index contributed by atoms with van der Waals surface area (Å²) in [5.41, 5.74) is -0.636. The van der Waals surface area contributed by atoms with Crippen molar-refractivity contribution in [2.24, 2.45) is 10.9 Å². The van der Waals surface area contributed by atoms with E-state index in [0.29, 0.717) is 24.0 Å². The number of benzene rings is 1. The molecule has 2 fully saturated rings. The summed E-state index contributed by atoms with van der Waals surface area (Å²) in [5, 5.41) is 10.3. The monoisotopic (exact) mass is 578 g/mol. The van der Waals surface area contributed by atoms with Crippen LogP contribution in [0.1, 0.15) is 61.8 Å². The van der Waals surface area contributed by atoms with Gasteiger partial charge in [0, 0.05) is 55.9 Å². The molecule has 41 heavy (non-hydrogen) atoms. The summed E-state index contributed by atoms with van der Waals surface area (Å²) in [7, 11) is 0. The first-order valence-corrected chi connectivity index (χ1v) is 13.3. The zero-order valence-corrected chi connectivity index (χ0v) is 22.5. The maximum absolute atomic E-state index is 13.9. The van der Waals surface area contributed by atoms with Crippen LogP contribution in [0.25, 0.3) is 11.0 Å². The zero-order chi connectivity index (χ0) is 29.9. The fourth-order valence-electron chi connectivity index (χ4n) is 4.79. The topological polar surface area (TPSA) is 98.8 Å². The van der Waals surface area contributed by atoms with Gasteiger partial charge in [0.2, 0.25) is 11.8 Å². The molecule has 0 spiro atoms. The number of rotatable bonds is 9.